The molecule has 0 unspecified atom stereocenters. The van der Waals surface area contributed by atoms with E-state index in [0.29, 0.717) is 36.0 Å². The molecule has 3 rings (SSSR count). The molecular weight excluding hydrogens is 358 g/mol. The number of hydrogen-bond donors (Lipinski definition) is 0. The molecule has 0 N–H and O–H groups in total. The topological polar surface area (TPSA) is 66.3 Å². The second-order valence-electron chi connectivity index (χ2n) is 6.06. The van der Waals surface area contributed by atoms with E-state index in [9.17, 15) is 4.79 Å². The summed E-state index contributed by atoms with van der Waals surface area (Å²) < 4.78 is 21.9. The number of nitrogens with zero attached hydrogens (tertiary/aromatic N) is 1. The lowest BCUT2D eigenvalue weighted by atomic mass is 10.1. The van der Waals surface area contributed by atoms with Gasteiger partial charge in [0.2, 0.25) is 5.90 Å². The molecule has 0 spiro atoms. The van der Waals surface area contributed by atoms with E-state index < -0.39 is 5.97 Å². The predicted molar refractivity (Wildman–Crippen MR) is 107 cm³/mol. The number of esters is 1. The van der Waals surface area contributed by atoms with Crippen LogP contribution in [0.5, 0.6) is 17.2 Å². The van der Waals surface area contributed by atoms with E-state index in [1.807, 2.05) is 50.2 Å². The maximum atomic E-state index is 12.2. The molecule has 0 fully saturated rings. The molecule has 2 aromatic carbocycles. The number of carbonyl (C=O) groups excluding carboxylic acids is 1. The average molecular weight is 381 g/mol. The van der Waals surface area contributed by atoms with Crippen LogP contribution in [0.4, 0.5) is 0 Å². The van der Waals surface area contributed by atoms with E-state index in [0.717, 1.165) is 12.0 Å². The Morgan fingerprint density at radius 3 is 2.68 bits per heavy atom. The molecule has 0 saturated heterocycles. The average Bonchev–Trinajstić information content (AvgIpc) is 3.08. The Bertz CT molecular complexity index is 917. The summed E-state index contributed by atoms with van der Waals surface area (Å²) in [4.78, 5) is 16.6. The van der Waals surface area contributed by atoms with Crippen LogP contribution in [0.25, 0.3) is 6.08 Å². The van der Waals surface area contributed by atoms with Gasteiger partial charge in [0.1, 0.15) is 5.75 Å². The maximum Gasteiger partial charge on any atom is 0.363 e. The molecule has 28 heavy (non-hydrogen) atoms. The summed E-state index contributed by atoms with van der Waals surface area (Å²) in [7, 11) is 1.58. The number of hydrogen-bond acceptors (Lipinski definition) is 6. The first-order chi connectivity index (χ1) is 13.6. The molecule has 6 heteroatoms. The van der Waals surface area contributed by atoms with Crippen LogP contribution < -0.4 is 14.2 Å². The van der Waals surface area contributed by atoms with Crippen molar-refractivity contribution in [2.75, 3.05) is 20.3 Å². The highest BCUT2D eigenvalue weighted by molar-refractivity contribution is 6.13. The Morgan fingerprint density at radius 2 is 1.93 bits per heavy atom. The second kappa shape index (κ2) is 9.08. The van der Waals surface area contributed by atoms with Gasteiger partial charge in [0.05, 0.1) is 20.3 Å². The Hall–Kier alpha value is -3.28. The normalized spacial score (nSPS) is 14.6. The molecule has 0 aliphatic carbocycles. The largest absolute Gasteiger partial charge is 0.497 e. The maximum absolute atomic E-state index is 12.2. The molecule has 2 aromatic rings. The van der Waals surface area contributed by atoms with E-state index in [2.05, 4.69) is 4.99 Å². The van der Waals surface area contributed by atoms with Crippen LogP contribution in [-0.4, -0.2) is 32.2 Å². The Balaban J connectivity index is 1.88. The van der Waals surface area contributed by atoms with Crippen molar-refractivity contribution in [2.24, 2.45) is 4.99 Å². The monoisotopic (exact) mass is 381 g/mol. The molecule has 0 radical (unpaired) electrons. The van der Waals surface area contributed by atoms with Gasteiger partial charge < -0.3 is 18.9 Å². The highest BCUT2D eigenvalue weighted by Crippen LogP contribution is 2.30. The van der Waals surface area contributed by atoms with Crippen molar-refractivity contribution in [1.29, 1.82) is 0 Å². The van der Waals surface area contributed by atoms with Gasteiger partial charge >= 0.3 is 5.97 Å². The summed E-state index contributed by atoms with van der Waals surface area (Å²) >= 11 is 0. The summed E-state index contributed by atoms with van der Waals surface area (Å²) in [6.45, 7) is 5.08. The number of methoxy groups -OCH3 is 1. The predicted octanol–water partition coefficient (Wildman–Crippen LogP) is 4.23. The fourth-order valence-electron chi connectivity index (χ4n) is 2.66. The third-order valence-electron chi connectivity index (χ3n) is 3.97. The standard InChI is InChI=1S/C22H23NO5/c1-4-11-27-19-10-9-15(13-20(19)26-5-2)12-18-22(24)28-21(23-18)16-7-6-8-17(14-16)25-3/h6-10,12-14H,4-5,11H2,1-3H3/b18-12+. The third-order valence-corrected chi connectivity index (χ3v) is 3.97. The summed E-state index contributed by atoms with van der Waals surface area (Å²) in [5.41, 5.74) is 1.67. The molecule has 0 saturated carbocycles. The van der Waals surface area contributed by atoms with E-state index in [1.165, 1.54) is 0 Å². The van der Waals surface area contributed by atoms with E-state index >= 15 is 0 Å². The minimum atomic E-state index is -0.498. The van der Waals surface area contributed by atoms with Crippen molar-refractivity contribution >= 4 is 17.9 Å². The number of cyclic esters (lactones) is 1. The van der Waals surface area contributed by atoms with Crippen molar-refractivity contribution in [3.05, 3.63) is 59.3 Å². The Morgan fingerprint density at radius 1 is 1.07 bits per heavy atom. The number of benzene rings is 2. The smallest absolute Gasteiger partial charge is 0.363 e. The van der Waals surface area contributed by atoms with Gasteiger partial charge in [-0.05, 0) is 55.3 Å². The lowest BCUT2D eigenvalue weighted by molar-refractivity contribution is -0.129. The zero-order valence-electron chi connectivity index (χ0n) is 16.2. The minimum Gasteiger partial charge on any atom is -0.497 e. The van der Waals surface area contributed by atoms with Crippen molar-refractivity contribution in [3.63, 3.8) is 0 Å². The number of rotatable bonds is 8. The molecule has 0 amide bonds. The zero-order chi connectivity index (χ0) is 19.9. The van der Waals surface area contributed by atoms with Crippen LogP contribution >= 0.6 is 0 Å². The second-order valence-corrected chi connectivity index (χ2v) is 6.06. The van der Waals surface area contributed by atoms with Crippen LogP contribution in [0, 0.1) is 0 Å². The number of carbonyl (C=O) groups is 1. The molecule has 1 heterocycles. The minimum absolute atomic E-state index is 0.225. The van der Waals surface area contributed by atoms with E-state index in [-0.39, 0.29) is 11.6 Å². The van der Waals surface area contributed by atoms with Crippen molar-refractivity contribution in [3.8, 4) is 17.2 Å². The molecule has 1 aliphatic heterocycles. The fourth-order valence-corrected chi connectivity index (χ4v) is 2.66. The highest BCUT2D eigenvalue weighted by atomic mass is 16.6. The van der Waals surface area contributed by atoms with Gasteiger partial charge in [-0.1, -0.05) is 19.1 Å². The van der Waals surface area contributed by atoms with Gasteiger partial charge in [0.25, 0.3) is 0 Å². The van der Waals surface area contributed by atoms with Gasteiger partial charge in [-0.25, -0.2) is 9.79 Å². The molecule has 0 bridgehead atoms. The first kappa shape index (κ1) is 19.5. The van der Waals surface area contributed by atoms with Crippen LogP contribution in [0.2, 0.25) is 0 Å². The fraction of sp³-hybridized carbons (Fsp3) is 0.273. The van der Waals surface area contributed by atoms with Crippen molar-refractivity contribution < 1.29 is 23.7 Å². The van der Waals surface area contributed by atoms with Crippen LogP contribution in [0.1, 0.15) is 31.4 Å². The molecule has 6 nitrogen and oxygen atoms in total. The lowest BCUT2D eigenvalue weighted by Crippen LogP contribution is -2.05. The molecule has 1 aliphatic rings. The number of ether oxygens (including phenoxy) is 4. The number of aliphatic imine (C=N–C) groups is 1. The van der Waals surface area contributed by atoms with Crippen molar-refractivity contribution in [1.82, 2.24) is 0 Å². The van der Waals surface area contributed by atoms with Gasteiger partial charge in [0, 0.05) is 5.56 Å². The van der Waals surface area contributed by atoms with Gasteiger partial charge in [0.15, 0.2) is 17.2 Å². The zero-order valence-corrected chi connectivity index (χ0v) is 16.2. The Labute approximate surface area is 164 Å². The molecule has 0 atom stereocenters. The molecule has 146 valence electrons. The first-order valence-electron chi connectivity index (χ1n) is 9.21. The van der Waals surface area contributed by atoms with Crippen LogP contribution in [-0.2, 0) is 9.53 Å². The van der Waals surface area contributed by atoms with Gasteiger partial charge in [-0.3, -0.25) is 0 Å². The van der Waals surface area contributed by atoms with Crippen molar-refractivity contribution in [2.45, 2.75) is 20.3 Å². The summed E-state index contributed by atoms with van der Waals surface area (Å²) in [5.74, 6) is 1.73. The van der Waals surface area contributed by atoms with E-state index in [1.54, 1.807) is 19.3 Å². The summed E-state index contributed by atoms with van der Waals surface area (Å²) in [6, 6.07) is 12.7. The van der Waals surface area contributed by atoms with Crippen LogP contribution in [0.15, 0.2) is 53.2 Å². The van der Waals surface area contributed by atoms with Gasteiger partial charge in [-0.2, -0.15) is 0 Å². The third kappa shape index (κ3) is 4.52. The van der Waals surface area contributed by atoms with E-state index in [4.69, 9.17) is 18.9 Å². The highest BCUT2D eigenvalue weighted by Gasteiger charge is 2.24. The van der Waals surface area contributed by atoms with Gasteiger partial charge in [-0.15, -0.1) is 0 Å². The summed E-state index contributed by atoms with van der Waals surface area (Å²) in [6.07, 6.45) is 2.58. The molecular formula is C22H23NO5. The molecule has 0 aromatic heterocycles. The first-order valence-corrected chi connectivity index (χ1v) is 9.21. The quantitative estimate of drug-likeness (QED) is 0.506. The Kier molecular flexibility index (Phi) is 6.32. The van der Waals surface area contributed by atoms with Crippen LogP contribution in [0.3, 0.4) is 0 Å². The SMILES string of the molecule is CCCOc1ccc(/C=C2/N=C(c3cccc(OC)c3)OC2=O)cc1OCC. The summed E-state index contributed by atoms with van der Waals surface area (Å²) in [5, 5.41) is 0. The lowest BCUT2D eigenvalue weighted by Gasteiger charge is -2.12.